The van der Waals surface area contributed by atoms with Crippen LogP contribution < -0.4 is 11.5 Å². The maximum atomic E-state index is 11.1. The summed E-state index contributed by atoms with van der Waals surface area (Å²) in [6.07, 6.45) is 2.93. The number of primary amides is 1. The minimum absolute atomic E-state index is 0.289. The number of hydrogen-bond donors (Lipinski definition) is 2. The lowest BCUT2D eigenvalue weighted by Crippen LogP contribution is -2.10. The Hall–Kier alpha value is -2.02. The number of thiazole rings is 1. The number of carbonyl (C=O) groups excluding carboxylic acids is 1. The molecule has 15 heavy (non-hydrogen) atoms. The molecule has 0 aliphatic heterocycles. The van der Waals surface area contributed by atoms with Crippen molar-refractivity contribution in [3.8, 4) is 11.4 Å². The largest absolute Gasteiger partial charge is 0.375 e. The van der Waals surface area contributed by atoms with Crippen LogP contribution in [0.4, 0.5) is 5.13 Å². The monoisotopic (exact) mass is 221 g/mol. The Morgan fingerprint density at radius 1 is 1.47 bits per heavy atom. The van der Waals surface area contributed by atoms with Gasteiger partial charge in [0.2, 0.25) is 0 Å². The highest BCUT2D eigenvalue weighted by Gasteiger charge is 2.16. The number of nitrogen functional groups attached to an aromatic ring is 1. The molecule has 76 valence electrons. The number of rotatable bonds is 2. The lowest BCUT2D eigenvalue weighted by Gasteiger charge is -1.96. The molecule has 2 heterocycles. The minimum Gasteiger partial charge on any atom is -0.375 e. The van der Waals surface area contributed by atoms with Gasteiger partial charge in [-0.05, 0) is 6.07 Å². The molecular formula is C8H7N5OS. The summed E-state index contributed by atoms with van der Waals surface area (Å²) in [4.78, 5) is 23.2. The molecule has 6 nitrogen and oxygen atoms in total. The molecule has 0 saturated carbocycles. The zero-order valence-electron chi connectivity index (χ0n) is 7.54. The van der Waals surface area contributed by atoms with Gasteiger partial charge in [-0.1, -0.05) is 11.3 Å². The Labute approximate surface area is 89.0 Å². The molecule has 4 N–H and O–H groups in total. The van der Waals surface area contributed by atoms with Gasteiger partial charge in [-0.15, -0.1) is 0 Å². The SMILES string of the molecule is NC(=O)c1sc(N)nc1-c1ccncn1. The lowest BCUT2D eigenvalue weighted by atomic mass is 10.2. The molecule has 2 aromatic rings. The normalized spacial score (nSPS) is 10.1. The molecule has 0 unspecified atom stereocenters. The number of carbonyl (C=O) groups is 1. The zero-order valence-corrected chi connectivity index (χ0v) is 8.36. The van der Waals surface area contributed by atoms with Gasteiger partial charge in [-0.2, -0.15) is 0 Å². The summed E-state index contributed by atoms with van der Waals surface area (Å²) in [6.45, 7) is 0. The van der Waals surface area contributed by atoms with Crippen molar-refractivity contribution in [3.05, 3.63) is 23.5 Å². The number of nitrogens with two attached hydrogens (primary N) is 2. The smallest absolute Gasteiger partial charge is 0.261 e. The highest BCUT2D eigenvalue weighted by atomic mass is 32.1. The Bertz CT molecular complexity index is 495. The summed E-state index contributed by atoms with van der Waals surface area (Å²) in [6, 6.07) is 1.64. The van der Waals surface area contributed by atoms with Gasteiger partial charge in [0.05, 0.1) is 5.69 Å². The van der Waals surface area contributed by atoms with E-state index in [2.05, 4.69) is 15.0 Å². The number of amides is 1. The van der Waals surface area contributed by atoms with Crippen LogP contribution in [0.2, 0.25) is 0 Å². The molecule has 0 radical (unpaired) electrons. The van der Waals surface area contributed by atoms with Crippen LogP contribution in [0.1, 0.15) is 9.67 Å². The molecule has 0 fully saturated rings. The molecule has 0 bridgehead atoms. The summed E-state index contributed by atoms with van der Waals surface area (Å²) < 4.78 is 0. The quantitative estimate of drug-likeness (QED) is 0.757. The fourth-order valence-corrected chi connectivity index (χ4v) is 1.80. The van der Waals surface area contributed by atoms with Crippen molar-refractivity contribution in [2.24, 2.45) is 5.73 Å². The Morgan fingerprint density at radius 2 is 2.27 bits per heavy atom. The van der Waals surface area contributed by atoms with Gasteiger partial charge >= 0.3 is 0 Å². The van der Waals surface area contributed by atoms with E-state index in [0.29, 0.717) is 16.3 Å². The maximum absolute atomic E-state index is 11.1. The summed E-state index contributed by atoms with van der Waals surface area (Å²) in [5, 5.41) is 0.289. The van der Waals surface area contributed by atoms with Crippen LogP contribution in [-0.4, -0.2) is 20.9 Å². The molecule has 1 amide bonds. The van der Waals surface area contributed by atoms with Crippen LogP contribution in [0, 0.1) is 0 Å². The average molecular weight is 221 g/mol. The molecule has 2 rings (SSSR count). The van der Waals surface area contributed by atoms with Crippen LogP contribution in [0.25, 0.3) is 11.4 Å². The topological polar surface area (TPSA) is 108 Å². The molecule has 2 aromatic heterocycles. The summed E-state index contributed by atoms with van der Waals surface area (Å²) in [7, 11) is 0. The van der Waals surface area contributed by atoms with Crippen molar-refractivity contribution >= 4 is 22.4 Å². The fraction of sp³-hybridized carbons (Fsp3) is 0. The van der Waals surface area contributed by atoms with Crippen molar-refractivity contribution in [1.82, 2.24) is 15.0 Å². The highest BCUT2D eigenvalue weighted by molar-refractivity contribution is 7.17. The molecule has 0 spiro atoms. The van der Waals surface area contributed by atoms with E-state index < -0.39 is 5.91 Å². The van der Waals surface area contributed by atoms with Crippen LogP contribution >= 0.6 is 11.3 Å². The lowest BCUT2D eigenvalue weighted by molar-refractivity contribution is 0.100. The van der Waals surface area contributed by atoms with E-state index in [1.165, 1.54) is 6.33 Å². The summed E-state index contributed by atoms with van der Waals surface area (Å²) in [5.74, 6) is -0.558. The van der Waals surface area contributed by atoms with Gasteiger partial charge in [-0.25, -0.2) is 15.0 Å². The first-order valence-corrected chi connectivity index (χ1v) is 4.82. The molecule has 0 saturated heterocycles. The second-order valence-corrected chi connectivity index (χ2v) is 3.72. The van der Waals surface area contributed by atoms with E-state index in [-0.39, 0.29) is 5.13 Å². The summed E-state index contributed by atoms with van der Waals surface area (Å²) in [5.41, 5.74) is 11.7. The van der Waals surface area contributed by atoms with Gasteiger partial charge in [0, 0.05) is 6.20 Å². The van der Waals surface area contributed by atoms with Crippen LogP contribution in [0.5, 0.6) is 0 Å². The molecule has 7 heteroatoms. The van der Waals surface area contributed by atoms with E-state index in [1.807, 2.05) is 0 Å². The summed E-state index contributed by atoms with van der Waals surface area (Å²) >= 11 is 1.05. The number of anilines is 1. The average Bonchev–Trinajstić information content (AvgIpc) is 2.62. The Morgan fingerprint density at radius 3 is 2.87 bits per heavy atom. The number of aromatic nitrogens is 3. The second kappa shape index (κ2) is 3.62. The Balaban J connectivity index is 2.58. The fourth-order valence-electron chi connectivity index (χ4n) is 1.11. The van der Waals surface area contributed by atoms with Crippen molar-refractivity contribution in [2.45, 2.75) is 0 Å². The van der Waals surface area contributed by atoms with Gasteiger partial charge in [0.25, 0.3) is 5.91 Å². The number of hydrogen-bond acceptors (Lipinski definition) is 6. The second-order valence-electron chi connectivity index (χ2n) is 2.69. The first-order valence-electron chi connectivity index (χ1n) is 4.01. The van der Waals surface area contributed by atoms with Gasteiger partial charge < -0.3 is 11.5 Å². The predicted molar refractivity (Wildman–Crippen MR) is 56.1 cm³/mol. The van der Waals surface area contributed by atoms with Crippen LogP contribution in [0.15, 0.2) is 18.6 Å². The first-order chi connectivity index (χ1) is 7.18. The molecule has 0 atom stereocenters. The third kappa shape index (κ3) is 1.77. The standard InChI is InChI=1S/C8H7N5OS/c9-7(14)6-5(13-8(10)15-6)4-1-2-11-3-12-4/h1-3H,(H2,9,14)(H2,10,13). The van der Waals surface area contributed by atoms with E-state index >= 15 is 0 Å². The zero-order chi connectivity index (χ0) is 10.8. The minimum atomic E-state index is -0.558. The number of nitrogens with zero attached hydrogens (tertiary/aromatic N) is 3. The molecule has 0 aliphatic carbocycles. The van der Waals surface area contributed by atoms with Crippen molar-refractivity contribution in [3.63, 3.8) is 0 Å². The van der Waals surface area contributed by atoms with E-state index in [9.17, 15) is 4.79 Å². The maximum Gasteiger partial charge on any atom is 0.261 e. The van der Waals surface area contributed by atoms with Gasteiger partial charge in [0.1, 0.15) is 16.9 Å². The molecule has 0 aliphatic rings. The molecule has 0 aromatic carbocycles. The predicted octanol–water partition coefficient (Wildman–Crippen LogP) is 0.281. The highest BCUT2D eigenvalue weighted by Crippen LogP contribution is 2.27. The first kappa shape index (κ1) is 9.53. The van der Waals surface area contributed by atoms with Crippen LogP contribution in [0.3, 0.4) is 0 Å². The van der Waals surface area contributed by atoms with Crippen LogP contribution in [-0.2, 0) is 0 Å². The van der Waals surface area contributed by atoms with E-state index in [1.54, 1.807) is 12.3 Å². The third-order valence-electron chi connectivity index (χ3n) is 1.69. The Kier molecular flexibility index (Phi) is 2.30. The third-order valence-corrected chi connectivity index (χ3v) is 2.59. The molecular weight excluding hydrogens is 214 g/mol. The van der Waals surface area contributed by atoms with Crippen molar-refractivity contribution in [1.29, 1.82) is 0 Å². The van der Waals surface area contributed by atoms with E-state index in [4.69, 9.17) is 11.5 Å². The van der Waals surface area contributed by atoms with Gasteiger partial charge in [0.15, 0.2) is 5.13 Å². The van der Waals surface area contributed by atoms with Crippen molar-refractivity contribution < 1.29 is 4.79 Å². The van der Waals surface area contributed by atoms with E-state index in [0.717, 1.165) is 11.3 Å². The van der Waals surface area contributed by atoms with Gasteiger partial charge in [-0.3, -0.25) is 4.79 Å². The van der Waals surface area contributed by atoms with Crippen molar-refractivity contribution in [2.75, 3.05) is 5.73 Å².